The van der Waals surface area contributed by atoms with Crippen LogP contribution in [-0.2, 0) is 29.8 Å². The summed E-state index contributed by atoms with van der Waals surface area (Å²) in [5, 5.41) is 0.0636. The van der Waals surface area contributed by atoms with E-state index in [4.69, 9.17) is 13.7 Å². The Kier molecular flexibility index (Phi) is 3.96. The van der Waals surface area contributed by atoms with E-state index in [-0.39, 0.29) is 17.5 Å². The zero-order valence-corrected chi connectivity index (χ0v) is 10.6. The van der Waals surface area contributed by atoms with Crippen LogP contribution in [0.2, 0.25) is 0 Å². The van der Waals surface area contributed by atoms with Crippen molar-refractivity contribution in [2.45, 2.75) is 37.3 Å². The summed E-state index contributed by atoms with van der Waals surface area (Å²) in [5.74, 6) is -0.452. The number of fused-ring (bicyclic) bond motifs is 2. The first-order chi connectivity index (χ1) is 7.61. The Labute approximate surface area is 103 Å². The van der Waals surface area contributed by atoms with Gasteiger partial charge in [-0.3, -0.25) is 8.98 Å². The highest BCUT2D eigenvalue weighted by molar-refractivity contribution is 9.09. The van der Waals surface area contributed by atoms with Gasteiger partial charge in [0, 0.05) is 0 Å². The maximum absolute atomic E-state index is 11.1. The molecule has 0 aromatic rings. The number of carbonyl (C=O) groups excluding carboxylic acids is 1. The predicted molar refractivity (Wildman–Crippen MR) is 55.4 cm³/mol. The molecule has 2 heterocycles. The lowest BCUT2D eigenvalue weighted by atomic mass is 9.95. The van der Waals surface area contributed by atoms with Crippen LogP contribution in [0.1, 0.15) is 12.8 Å². The molecule has 5 unspecified atom stereocenters. The lowest BCUT2D eigenvalue weighted by Gasteiger charge is -2.27. The fourth-order valence-electron chi connectivity index (χ4n) is 2.13. The van der Waals surface area contributed by atoms with Crippen LogP contribution in [0.5, 0.6) is 0 Å². The van der Waals surface area contributed by atoms with E-state index in [1.54, 1.807) is 0 Å². The highest BCUT2D eigenvalue weighted by atomic mass is 79.9. The summed E-state index contributed by atoms with van der Waals surface area (Å²) < 4.78 is 36.3. The average molecular weight is 314 g/mol. The molecule has 0 aromatic carbocycles. The quantitative estimate of drug-likeness (QED) is 0.414. The zero-order valence-electron chi connectivity index (χ0n) is 8.17. The van der Waals surface area contributed by atoms with Crippen LogP contribution in [0.25, 0.3) is 0 Å². The van der Waals surface area contributed by atoms with Crippen molar-refractivity contribution < 1.29 is 27.2 Å². The Morgan fingerprint density at radius 1 is 1.44 bits per heavy atom. The number of carbonyl (C=O) groups is 1. The minimum absolute atomic E-state index is 0.0636. The molecule has 0 N–H and O–H groups in total. The molecule has 2 rings (SSSR count). The third-order valence-corrected chi connectivity index (χ3v) is 3.55. The summed E-state index contributed by atoms with van der Waals surface area (Å²) in [7, 11) is 0. The number of halogens is 1. The molecule has 2 saturated heterocycles. The lowest BCUT2D eigenvalue weighted by molar-refractivity contribution is -0.151. The fraction of sp³-hybridized carbons (Fsp3) is 0.875. The Morgan fingerprint density at radius 2 is 2.06 bits per heavy atom. The molecule has 16 heavy (non-hydrogen) atoms. The summed E-state index contributed by atoms with van der Waals surface area (Å²) in [6, 6.07) is 0. The first-order valence-corrected chi connectivity index (χ1v) is 6.91. The van der Waals surface area contributed by atoms with Crippen molar-refractivity contribution in [3.8, 4) is 0 Å². The summed E-state index contributed by atoms with van der Waals surface area (Å²) in [6.07, 6.45) is -0.384. The fourth-order valence-corrected chi connectivity index (χ4v) is 2.68. The second kappa shape index (κ2) is 5.09. The zero-order chi connectivity index (χ0) is 11.7. The van der Waals surface area contributed by atoms with Crippen molar-refractivity contribution in [3.05, 3.63) is 0 Å². The van der Waals surface area contributed by atoms with Crippen LogP contribution in [-0.4, -0.2) is 44.5 Å². The monoisotopic (exact) mass is 313 g/mol. The molecule has 2 bridgehead atoms. The minimum Gasteiger partial charge on any atom is -0.750 e. The van der Waals surface area contributed by atoms with Gasteiger partial charge in [-0.05, 0) is 12.8 Å². The van der Waals surface area contributed by atoms with E-state index in [0.717, 1.165) is 12.8 Å². The van der Waals surface area contributed by atoms with E-state index in [0.29, 0.717) is 0 Å². The molecule has 2 aliphatic rings. The number of ether oxygens (including phenoxy) is 2. The normalized spacial score (nSPS) is 38.6. The van der Waals surface area contributed by atoms with E-state index in [2.05, 4.69) is 15.9 Å². The average Bonchev–Trinajstić information content (AvgIpc) is 2.80. The maximum Gasteiger partial charge on any atom is 0.317 e. The van der Waals surface area contributed by atoms with E-state index in [9.17, 15) is 13.6 Å². The van der Waals surface area contributed by atoms with Crippen molar-refractivity contribution in [2.75, 3.05) is 5.33 Å². The van der Waals surface area contributed by atoms with Gasteiger partial charge >= 0.3 is 5.97 Å². The molecule has 2 fully saturated rings. The van der Waals surface area contributed by atoms with Crippen molar-refractivity contribution >= 4 is 33.3 Å². The highest BCUT2D eigenvalue weighted by Crippen LogP contribution is 2.38. The van der Waals surface area contributed by atoms with Gasteiger partial charge in [0.05, 0.1) is 23.6 Å². The molecule has 8 heteroatoms. The van der Waals surface area contributed by atoms with Crippen molar-refractivity contribution in [1.82, 2.24) is 0 Å². The van der Waals surface area contributed by atoms with Gasteiger partial charge in [0.25, 0.3) is 0 Å². The molecule has 0 spiro atoms. The second-order valence-electron chi connectivity index (χ2n) is 3.64. The van der Waals surface area contributed by atoms with Crippen LogP contribution in [0.15, 0.2) is 0 Å². The molecule has 92 valence electrons. The Morgan fingerprint density at radius 3 is 2.62 bits per heavy atom. The van der Waals surface area contributed by atoms with E-state index in [1.807, 2.05) is 0 Å². The first kappa shape index (κ1) is 12.4. The number of hydrogen-bond acceptors (Lipinski definition) is 6. The van der Waals surface area contributed by atoms with E-state index in [1.165, 1.54) is 0 Å². The second-order valence-corrected chi connectivity index (χ2v) is 4.80. The van der Waals surface area contributed by atoms with Crippen molar-refractivity contribution in [2.24, 2.45) is 0 Å². The first-order valence-electron chi connectivity index (χ1n) is 4.79. The van der Waals surface area contributed by atoms with Gasteiger partial charge in [0.15, 0.2) is 6.10 Å². The summed E-state index contributed by atoms with van der Waals surface area (Å²) in [5.41, 5.74) is 0. The Balaban J connectivity index is 2.02. The number of hydrogen-bond donors (Lipinski definition) is 0. The Hall–Kier alpha value is -0.0200. The Bertz CT molecular complexity index is 311. The molecule has 0 aliphatic carbocycles. The van der Waals surface area contributed by atoms with Crippen molar-refractivity contribution in [1.29, 1.82) is 0 Å². The molecular formula is C8H10BrO6S-. The molecule has 0 amide bonds. The van der Waals surface area contributed by atoms with E-state index >= 15 is 0 Å². The van der Waals surface area contributed by atoms with Gasteiger partial charge in [-0.2, -0.15) is 0 Å². The van der Waals surface area contributed by atoms with Crippen LogP contribution in [0, 0.1) is 0 Å². The number of rotatable bonds is 4. The standard InChI is InChI=1S/C8H11BrO6S/c9-3-6(10)14-7-4-1-2-5(13-4)8(7)15-16(11)12/h4-5,7-8H,1-3H2,(H,11,12)/p-1. The van der Waals surface area contributed by atoms with Gasteiger partial charge in [0.1, 0.15) is 11.4 Å². The molecule has 0 aromatic heterocycles. The smallest absolute Gasteiger partial charge is 0.317 e. The van der Waals surface area contributed by atoms with Crippen LogP contribution >= 0.6 is 15.9 Å². The molecule has 2 aliphatic heterocycles. The van der Waals surface area contributed by atoms with Gasteiger partial charge in [0.2, 0.25) is 0 Å². The van der Waals surface area contributed by atoms with E-state index < -0.39 is 29.5 Å². The lowest BCUT2D eigenvalue weighted by Crippen LogP contribution is -2.42. The minimum atomic E-state index is -2.63. The van der Waals surface area contributed by atoms with Gasteiger partial charge in [-0.25, -0.2) is 4.21 Å². The summed E-state index contributed by atoms with van der Waals surface area (Å²) >= 11 is 0.340. The van der Waals surface area contributed by atoms with Crippen molar-refractivity contribution in [3.63, 3.8) is 0 Å². The topological polar surface area (TPSA) is 84.9 Å². The highest BCUT2D eigenvalue weighted by Gasteiger charge is 2.52. The van der Waals surface area contributed by atoms with Crippen LogP contribution in [0.4, 0.5) is 0 Å². The SMILES string of the molecule is O=C(CBr)OC1C2CCC(O2)C1OS(=O)[O-]. The van der Waals surface area contributed by atoms with Gasteiger partial charge in [-0.1, -0.05) is 15.9 Å². The molecular weight excluding hydrogens is 304 g/mol. The molecule has 6 nitrogen and oxygen atoms in total. The third-order valence-electron chi connectivity index (χ3n) is 2.71. The molecule has 0 saturated carbocycles. The maximum atomic E-state index is 11.1. The third kappa shape index (κ3) is 2.45. The van der Waals surface area contributed by atoms with Crippen LogP contribution in [0.3, 0.4) is 0 Å². The van der Waals surface area contributed by atoms with Crippen LogP contribution < -0.4 is 0 Å². The summed E-state index contributed by atoms with van der Waals surface area (Å²) in [6.45, 7) is 0. The molecule has 5 atom stereocenters. The molecule has 0 radical (unpaired) electrons. The number of esters is 1. The van der Waals surface area contributed by atoms with Gasteiger partial charge in [-0.15, -0.1) is 0 Å². The predicted octanol–water partition coefficient (Wildman–Crippen LogP) is 0.0336. The largest absolute Gasteiger partial charge is 0.750 e. The van der Waals surface area contributed by atoms with Gasteiger partial charge < -0.3 is 14.0 Å². The number of alkyl halides is 1. The summed E-state index contributed by atoms with van der Waals surface area (Å²) in [4.78, 5) is 11.1.